The molecule has 0 saturated carbocycles. The first-order valence-electron chi connectivity index (χ1n) is 9.36. The van der Waals surface area contributed by atoms with Gasteiger partial charge in [0.1, 0.15) is 0 Å². The Hall–Kier alpha value is -0.710. The minimum absolute atomic E-state index is 0.0102. The lowest BCUT2D eigenvalue weighted by molar-refractivity contribution is -0.198. The molecule has 24 heavy (non-hydrogen) atoms. The quantitative estimate of drug-likeness (QED) is 0.795. The highest BCUT2D eigenvalue weighted by Gasteiger charge is 2.56. The van der Waals surface area contributed by atoms with Crippen LogP contribution >= 0.6 is 0 Å². The van der Waals surface area contributed by atoms with Gasteiger partial charge in [0, 0.05) is 6.42 Å². The van der Waals surface area contributed by atoms with E-state index in [4.69, 9.17) is 9.47 Å². The van der Waals surface area contributed by atoms with E-state index in [9.17, 15) is 9.90 Å². The molecule has 0 radical (unpaired) electrons. The lowest BCUT2D eigenvalue weighted by atomic mass is 9.82. The Kier molecular flexibility index (Phi) is 4.47. The van der Waals surface area contributed by atoms with Crippen LogP contribution in [0.2, 0.25) is 0 Å². The number of rotatable bonds is 1. The molecule has 4 bridgehead atoms. The zero-order valence-electron chi connectivity index (χ0n) is 15.7. The summed E-state index contributed by atoms with van der Waals surface area (Å²) in [7, 11) is 0. The molecule has 0 aromatic heterocycles. The molecule has 0 aliphatic carbocycles. The van der Waals surface area contributed by atoms with Gasteiger partial charge in [-0.1, -0.05) is 19.9 Å². The van der Waals surface area contributed by atoms with Gasteiger partial charge >= 0.3 is 0 Å². The van der Waals surface area contributed by atoms with E-state index in [0.717, 1.165) is 37.7 Å². The molecule has 0 unspecified atom stereocenters. The van der Waals surface area contributed by atoms with Crippen molar-refractivity contribution in [3.63, 3.8) is 0 Å². The van der Waals surface area contributed by atoms with E-state index < -0.39 is 11.7 Å². The number of fused-ring (bicyclic) bond motifs is 5. The van der Waals surface area contributed by atoms with Crippen molar-refractivity contribution in [1.29, 1.82) is 0 Å². The fourth-order valence-corrected chi connectivity index (χ4v) is 4.57. The maximum Gasteiger partial charge on any atom is 0.160 e. The number of ether oxygens (including phenoxy) is 2. The van der Waals surface area contributed by atoms with Gasteiger partial charge in [-0.05, 0) is 64.4 Å². The normalized spacial score (nSPS) is 48.8. The van der Waals surface area contributed by atoms with E-state index in [1.54, 1.807) is 0 Å². The Morgan fingerprint density at radius 1 is 1.21 bits per heavy atom. The molecular weight excluding hydrogens is 304 g/mol. The average Bonchev–Trinajstić information content (AvgIpc) is 3.08. The van der Waals surface area contributed by atoms with Crippen molar-refractivity contribution in [3.05, 3.63) is 11.6 Å². The average molecular weight is 336 g/mol. The molecule has 4 nitrogen and oxygen atoms in total. The summed E-state index contributed by atoms with van der Waals surface area (Å²) in [5, 5.41) is 10.6. The van der Waals surface area contributed by atoms with Crippen molar-refractivity contribution in [3.8, 4) is 0 Å². The number of aliphatic hydroxyl groups excluding tert-OH is 1. The fraction of sp³-hybridized carbons (Fsp3) is 0.850. The molecule has 2 saturated heterocycles. The van der Waals surface area contributed by atoms with Gasteiger partial charge < -0.3 is 14.6 Å². The first-order valence-corrected chi connectivity index (χ1v) is 9.36. The highest BCUT2D eigenvalue weighted by Crippen LogP contribution is 2.51. The number of hydrogen-bond acceptors (Lipinski definition) is 4. The van der Waals surface area contributed by atoms with Crippen LogP contribution in [0.15, 0.2) is 11.6 Å². The molecule has 2 fully saturated rings. The van der Waals surface area contributed by atoms with Crippen molar-refractivity contribution < 1.29 is 19.4 Å². The summed E-state index contributed by atoms with van der Waals surface area (Å²) in [6, 6.07) is 0. The number of hydrogen-bond donors (Lipinski definition) is 1. The lowest BCUT2D eigenvalue weighted by Gasteiger charge is -2.40. The van der Waals surface area contributed by atoms with Crippen LogP contribution in [0.3, 0.4) is 0 Å². The van der Waals surface area contributed by atoms with Gasteiger partial charge in [0.15, 0.2) is 5.78 Å². The van der Waals surface area contributed by atoms with Gasteiger partial charge in [-0.2, -0.15) is 0 Å². The van der Waals surface area contributed by atoms with Crippen LogP contribution in [0, 0.1) is 5.92 Å². The molecule has 4 heteroatoms. The first-order chi connectivity index (χ1) is 11.1. The standard InChI is InChI=1S/C20H32O4/c1-13(2)20-9-6-14(3)15(21)12-16(22)18(4)8-7-17(23-18)19(5,24-20)10-11-20/h6,13,16-17,22H,7-12H2,1-5H3/b14-6-/t16-,17-,18+,19+,20+/m0/s1. The van der Waals surface area contributed by atoms with Crippen molar-refractivity contribution >= 4 is 5.78 Å². The lowest BCUT2D eigenvalue weighted by Crippen LogP contribution is -2.48. The first kappa shape index (κ1) is 18.1. The number of allylic oxidation sites excluding steroid dienone is 1. The Labute approximate surface area is 145 Å². The highest BCUT2D eigenvalue weighted by molar-refractivity contribution is 5.95. The van der Waals surface area contributed by atoms with Crippen molar-refractivity contribution in [2.75, 3.05) is 0 Å². The predicted octanol–water partition coefficient (Wildman–Crippen LogP) is 3.56. The third kappa shape index (κ3) is 2.87. The molecule has 5 atom stereocenters. The van der Waals surface area contributed by atoms with Crippen LogP contribution in [0.4, 0.5) is 0 Å². The maximum absolute atomic E-state index is 12.5. The third-order valence-electron chi connectivity index (χ3n) is 6.81. The summed E-state index contributed by atoms with van der Waals surface area (Å²) in [6.45, 7) is 10.3. The van der Waals surface area contributed by atoms with E-state index in [2.05, 4.69) is 20.8 Å². The Morgan fingerprint density at radius 2 is 1.92 bits per heavy atom. The van der Waals surface area contributed by atoms with Crippen LogP contribution in [-0.4, -0.2) is 39.9 Å². The molecule has 0 aromatic carbocycles. The molecule has 3 heterocycles. The van der Waals surface area contributed by atoms with Gasteiger partial charge in [0.2, 0.25) is 0 Å². The molecule has 1 N–H and O–H groups in total. The molecule has 3 rings (SSSR count). The van der Waals surface area contributed by atoms with Gasteiger partial charge in [-0.25, -0.2) is 0 Å². The number of ketones is 1. The second kappa shape index (κ2) is 5.93. The fourth-order valence-electron chi connectivity index (χ4n) is 4.57. The van der Waals surface area contributed by atoms with Crippen molar-refractivity contribution in [2.45, 2.75) is 102 Å². The van der Waals surface area contributed by atoms with Crippen molar-refractivity contribution in [2.24, 2.45) is 5.92 Å². The van der Waals surface area contributed by atoms with Crippen LogP contribution in [0.25, 0.3) is 0 Å². The van der Waals surface area contributed by atoms with Gasteiger partial charge in [-0.15, -0.1) is 0 Å². The summed E-state index contributed by atoms with van der Waals surface area (Å²) in [6.07, 6.45) is 5.71. The zero-order valence-corrected chi connectivity index (χ0v) is 15.7. The monoisotopic (exact) mass is 336 g/mol. The predicted molar refractivity (Wildman–Crippen MR) is 92.8 cm³/mol. The minimum Gasteiger partial charge on any atom is -0.390 e. The number of aliphatic hydroxyl groups is 1. The summed E-state index contributed by atoms with van der Waals surface area (Å²) >= 11 is 0. The molecule has 3 aliphatic rings. The second-order valence-corrected chi connectivity index (χ2v) is 8.83. The van der Waals surface area contributed by atoms with E-state index in [0.29, 0.717) is 5.92 Å². The van der Waals surface area contributed by atoms with E-state index >= 15 is 0 Å². The van der Waals surface area contributed by atoms with Crippen LogP contribution in [-0.2, 0) is 14.3 Å². The molecule has 0 aromatic rings. The second-order valence-electron chi connectivity index (χ2n) is 8.83. The maximum atomic E-state index is 12.5. The summed E-state index contributed by atoms with van der Waals surface area (Å²) in [5.41, 5.74) is -0.469. The smallest absolute Gasteiger partial charge is 0.160 e. The van der Waals surface area contributed by atoms with Crippen LogP contribution in [0.1, 0.15) is 73.1 Å². The molecule has 136 valence electrons. The molecule has 3 aliphatic heterocycles. The largest absolute Gasteiger partial charge is 0.390 e. The highest BCUT2D eigenvalue weighted by atomic mass is 16.6. The van der Waals surface area contributed by atoms with E-state index in [1.807, 2.05) is 19.9 Å². The summed E-state index contributed by atoms with van der Waals surface area (Å²) in [4.78, 5) is 12.5. The van der Waals surface area contributed by atoms with E-state index in [-0.39, 0.29) is 29.5 Å². The SMILES string of the molecule is C/C1=C/C[C@]2(C(C)C)CC[C@@](C)(O2)[C@@H]2CC[C@@](C)(O2)[C@@H](O)CC1=O. The molecular formula is C20H32O4. The van der Waals surface area contributed by atoms with Crippen LogP contribution in [0.5, 0.6) is 0 Å². The number of carbonyl (C=O) groups excluding carboxylic acids is 1. The Bertz CT molecular complexity index is 554. The third-order valence-corrected chi connectivity index (χ3v) is 6.81. The Balaban J connectivity index is 1.99. The molecule has 0 spiro atoms. The van der Waals surface area contributed by atoms with Gasteiger partial charge in [-0.3, -0.25) is 4.79 Å². The topological polar surface area (TPSA) is 55.8 Å². The van der Waals surface area contributed by atoms with Gasteiger partial charge in [0.05, 0.1) is 29.0 Å². The molecule has 0 amide bonds. The van der Waals surface area contributed by atoms with Crippen molar-refractivity contribution in [1.82, 2.24) is 0 Å². The Morgan fingerprint density at radius 3 is 2.58 bits per heavy atom. The summed E-state index contributed by atoms with van der Waals surface area (Å²) in [5.74, 6) is 0.385. The summed E-state index contributed by atoms with van der Waals surface area (Å²) < 4.78 is 13.0. The van der Waals surface area contributed by atoms with E-state index in [1.165, 1.54) is 0 Å². The number of Topliss-reactive ketones (excluding diaryl/α,β-unsaturated/α-hetero) is 1. The van der Waals surface area contributed by atoms with Crippen LogP contribution < -0.4 is 0 Å². The number of carbonyl (C=O) groups is 1. The minimum atomic E-state index is -0.766. The van der Waals surface area contributed by atoms with Gasteiger partial charge in [0.25, 0.3) is 0 Å². The zero-order chi connectivity index (χ0) is 17.8.